The van der Waals surface area contributed by atoms with Crippen LogP contribution in [0.2, 0.25) is 0 Å². The van der Waals surface area contributed by atoms with Crippen molar-refractivity contribution in [3.63, 3.8) is 0 Å². The van der Waals surface area contributed by atoms with Crippen molar-refractivity contribution >= 4 is 23.6 Å². The summed E-state index contributed by atoms with van der Waals surface area (Å²) in [6.07, 6.45) is 0.561. The number of aliphatic carboxylic acids is 1. The molecule has 5 heteroatoms. The molecule has 1 aliphatic heterocycles. The molecular weight excluding hydrogens is 262 g/mol. The Balaban J connectivity index is 2.65. The second-order valence-electron chi connectivity index (χ2n) is 6.58. The van der Waals surface area contributed by atoms with E-state index in [1.807, 2.05) is 13.8 Å². The predicted molar refractivity (Wildman–Crippen MR) is 78.3 cm³/mol. The quantitative estimate of drug-likeness (QED) is 0.863. The fourth-order valence-corrected chi connectivity index (χ4v) is 3.05. The molecule has 0 spiro atoms. The summed E-state index contributed by atoms with van der Waals surface area (Å²) in [5.74, 6) is -0.250. The third-order valence-corrected chi connectivity index (χ3v) is 5.07. The predicted octanol–water partition coefficient (Wildman–Crippen LogP) is 2.48. The van der Waals surface area contributed by atoms with Gasteiger partial charge in [0, 0.05) is 17.8 Å². The van der Waals surface area contributed by atoms with E-state index in [-0.39, 0.29) is 16.6 Å². The van der Waals surface area contributed by atoms with Crippen LogP contribution in [-0.2, 0) is 9.59 Å². The zero-order valence-corrected chi connectivity index (χ0v) is 13.3. The van der Waals surface area contributed by atoms with Gasteiger partial charge in [0.25, 0.3) is 0 Å². The van der Waals surface area contributed by atoms with Crippen LogP contribution in [0.4, 0.5) is 0 Å². The minimum absolute atomic E-state index is 0.0399. The Bertz CT molecular complexity index is 362. The molecule has 0 bridgehead atoms. The molecule has 1 amide bonds. The number of likely N-dealkylation sites (tertiary alicyclic amines) is 1. The molecule has 0 aliphatic carbocycles. The van der Waals surface area contributed by atoms with Crippen LogP contribution in [0.1, 0.15) is 41.0 Å². The van der Waals surface area contributed by atoms with Gasteiger partial charge in [-0.3, -0.25) is 9.59 Å². The summed E-state index contributed by atoms with van der Waals surface area (Å²) in [4.78, 5) is 25.4. The maximum atomic E-state index is 12.1. The second kappa shape index (κ2) is 5.73. The molecular formula is C14H25NO3S. The molecule has 1 N–H and O–H groups in total. The van der Waals surface area contributed by atoms with Crippen LogP contribution in [0.5, 0.6) is 0 Å². The molecule has 110 valence electrons. The number of carbonyl (C=O) groups is 2. The van der Waals surface area contributed by atoms with Crippen LogP contribution < -0.4 is 0 Å². The summed E-state index contributed by atoms with van der Waals surface area (Å²) >= 11 is 1.61. The van der Waals surface area contributed by atoms with Gasteiger partial charge in [0.05, 0.1) is 11.2 Å². The molecule has 1 heterocycles. The highest BCUT2D eigenvalue weighted by Gasteiger charge is 2.48. The third-order valence-electron chi connectivity index (χ3n) is 3.81. The molecule has 0 aromatic rings. The van der Waals surface area contributed by atoms with Crippen molar-refractivity contribution in [3.8, 4) is 0 Å². The van der Waals surface area contributed by atoms with Crippen LogP contribution in [0, 0.1) is 11.3 Å². The van der Waals surface area contributed by atoms with E-state index in [4.69, 9.17) is 0 Å². The zero-order chi connectivity index (χ0) is 14.8. The first kappa shape index (κ1) is 16.3. The van der Waals surface area contributed by atoms with Gasteiger partial charge in [-0.05, 0) is 12.3 Å². The normalized spacial score (nSPS) is 24.0. The number of amides is 1. The van der Waals surface area contributed by atoms with Gasteiger partial charge in [-0.15, -0.1) is 11.8 Å². The lowest BCUT2D eigenvalue weighted by Gasteiger charge is -2.29. The average Bonchev–Trinajstić information content (AvgIpc) is 2.70. The second-order valence-corrected chi connectivity index (χ2v) is 8.38. The van der Waals surface area contributed by atoms with Crippen LogP contribution in [-0.4, -0.2) is 45.5 Å². The average molecular weight is 287 g/mol. The Morgan fingerprint density at radius 3 is 2.32 bits per heavy atom. The number of hydrogen-bond donors (Lipinski definition) is 1. The lowest BCUT2D eigenvalue weighted by Crippen LogP contribution is -2.41. The Hall–Kier alpha value is -0.710. The highest BCUT2D eigenvalue weighted by atomic mass is 32.2. The largest absolute Gasteiger partial charge is 0.481 e. The molecule has 1 unspecified atom stereocenters. The molecule has 0 radical (unpaired) electrons. The summed E-state index contributed by atoms with van der Waals surface area (Å²) < 4.78 is 0.0529. The number of carbonyl (C=O) groups excluding carboxylic acids is 1. The van der Waals surface area contributed by atoms with Crippen molar-refractivity contribution < 1.29 is 14.7 Å². The Kier molecular flexibility index (Phi) is 4.93. The van der Waals surface area contributed by atoms with E-state index in [0.29, 0.717) is 25.3 Å². The van der Waals surface area contributed by atoms with Crippen molar-refractivity contribution in [3.05, 3.63) is 0 Å². The van der Waals surface area contributed by atoms with Crippen molar-refractivity contribution in [2.45, 2.75) is 45.8 Å². The van der Waals surface area contributed by atoms with Gasteiger partial charge in [0.15, 0.2) is 0 Å². The summed E-state index contributed by atoms with van der Waals surface area (Å²) in [6, 6.07) is 0. The van der Waals surface area contributed by atoms with E-state index >= 15 is 0 Å². The van der Waals surface area contributed by atoms with Crippen LogP contribution >= 0.6 is 11.8 Å². The third kappa shape index (κ3) is 3.88. The zero-order valence-electron chi connectivity index (χ0n) is 12.5. The van der Waals surface area contributed by atoms with Gasteiger partial charge >= 0.3 is 5.97 Å². The van der Waals surface area contributed by atoms with Gasteiger partial charge in [0.2, 0.25) is 5.91 Å². The summed E-state index contributed by atoms with van der Waals surface area (Å²) in [5, 5.41) is 9.45. The molecule has 1 atom stereocenters. The Morgan fingerprint density at radius 1 is 1.37 bits per heavy atom. The number of hydrogen-bond acceptors (Lipinski definition) is 3. The van der Waals surface area contributed by atoms with Crippen molar-refractivity contribution in [1.29, 1.82) is 0 Å². The summed E-state index contributed by atoms with van der Waals surface area (Å²) in [5.41, 5.74) is -0.762. The summed E-state index contributed by atoms with van der Waals surface area (Å²) in [6.45, 7) is 11.0. The fourth-order valence-electron chi connectivity index (χ4n) is 2.31. The molecule has 0 aromatic carbocycles. The molecule has 1 fully saturated rings. The van der Waals surface area contributed by atoms with Gasteiger partial charge in [0.1, 0.15) is 0 Å². The Morgan fingerprint density at radius 2 is 1.95 bits per heavy atom. The molecule has 4 nitrogen and oxygen atoms in total. The number of rotatable bonds is 4. The molecule has 0 aromatic heterocycles. The first-order valence-electron chi connectivity index (χ1n) is 6.73. The first-order valence-corrected chi connectivity index (χ1v) is 7.72. The van der Waals surface area contributed by atoms with E-state index in [1.54, 1.807) is 16.7 Å². The van der Waals surface area contributed by atoms with Crippen LogP contribution in [0.15, 0.2) is 0 Å². The van der Waals surface area contributed by atoms with Crippen LogP contribution in [0.25, 0.3) is 0 Å². The minimum Gasteiger partial charge on any atom is -0.481 e. The first-order chi connectivity index (χ1) is 8.58. The molecule has 19 heavy (non-hydrogen) atoms. The van der Waals surface area contributed by atoms with Gasteiger partial charge in [-0.2, -0.15) is 0 Å². The fraction of sp³-hybridized carbons (Fsp3) is 0.857. The van der Waals surface area contributed by atoms with Gasteiger partial charge < -0.3 is 10.0 Å². The monoisotopic (exact) mass is 287 g/mol. The molecule has 1 saturated heterocycles. The standard InChI is InChI=1S/C14H25NO3S/c1-10(2)14(12(17)18)6-7-15(9-14)11(16)8-19-13(3,4)5/h10H,6-9H2,1-5H3,(H,17,18). The maximum absolute atomic E-state index is 12.1. The molecule has 1 aliphatic rings. The number of thioether (sulfide) groups is 1. The smallest absolute Gasteiger partial charge is 0.311 e. The van der Waals surface area contributed by atoms with Crippen LogP contribution in [0.3, 0.4) is 0 Å². The maximum Gasteiger partial charge on any atom is 0.311 e. The van der Waals surface area contributed by atoms with Gasteiger partial charge in [-0.1, -0.05) is 34.6 Å². The SMILES string of the molecule is CC(C)C1(C(=O)O)CCN(C(=O)CSC(C)(C)C)C1. The molecule has 0 saturated carbocycles. The molecule has 1 rings (SSSR count). The lowest BCUT2D eigenvalue weighted by molar-refractivity contribution is -0.151. The van der Waals surface area contributed by atoms with Crippen molar-refractivity contribution in [2.24, 2.45) is 11.3 Å². The number of carboxylic acids is 1. The Labute approximate surface area is 119 Å². The van der Waals surface area contributed by atoms with Crippen molar-refractivity contribution in [1.82, 2.24) is 4.90 Å². The topological polar surface area (TPSA) is 57.6 Å². The number of carboxylic acid groups (broad SMARTS) is 1. The summed E-state index contributed by atoms with van der Waals surface area (Å²) in [7, 11) is 0. The van der Waals surface area contributed by atoms with E-state index in [2.05, 4.69) is 20.8 Å². The van der Waals surface area contributed by atoms with E-state index < -0.39 is 11.4 Å². The lowest BCUT2D eigenvalue weighted by atomic mass is 9.76. The highest BCUT2D eigenvalue weighted by Crippen LogP contribution is 2.38. The van der Waals surface area contributed by atoms with E-state index in [9.17, 15) is 14.7 Å². The van der Waals surface area contributed by atoms with E-state index in [0.717, 1.165) is 0 Å². The van der Waals surface area contributed by atoms with Gasteiger partial charge in [-0.25, -0.2) is 0 Å². The number of nitrogens with zero attached hydrogens (tertiary/aromatic N) is 1. The van der Waals surface area contributed by atoms with E-state index in [1.165, 1.54) is 0 Å². The minimum atomic E-state index is -0.777. The van der Waals surface area contributed by atoms with Crippen molar-refractivity contribution in [2.75, 3.05) is 18.8 Å². The highest BCUT2D eigenvalue weighted by molar-refractivity contribution is 8.01.